The van der Waals surface area contributed by atoms with Gasteiger partial charge >= 0.3 is 5.97 Å². The Balaban J connectivity index is 1.44. The number of fused-ring (bicyclic) bond motifs is 1. The topological polar surface area (TPSA) is 113 Å². The van der Waals surface area contributed by atoms with Crippen molar-refractivity contribution in [3.8, 4) is 11.5 Å². The van der Waals surface area contributed by atoms with Crippen molar-refractivity contribution < 1.29 is 9.53 Å². The van der Waals surface area contributed by atoms with E-state index in [0.717, 1.165) is 22.3 Å². The predicted molar refractivity (Wildman–Crippen MR) is 126 cm³/mol. The van der Waals surface area contributed by atoms with Crippen LogP contribution in [0.25, 0.3) is 22.5 Å². The molecular weight excluding hydrogens is 432 g/mol. The molecule has 2 aromatic carbocycles. The second-order valence-corrected chi connectivity index (χ2v) is 7.57. The minimum absolute atomic E-state index is 0.0449. The average molecular weight is 454 g/mol. The summed E-state index contributed by atoms with van der Waals surface area (Å²) in [5.41, 5.74) is 3.63. The number of hydrogen-bond donors (Lipinski definition) is 1. The zero-order valence-corrected chi connectivity index (χ0v) is 18.7. The number of rotatable bonds is 7. The maximum absolute atomic E-state index is 11.9. The summed E-state index contributed by atoms with van der Waals surface area (Å²) in [6, 6.07) is 17.6. The molecule has 0 radical (unpaired) electrons. The van der Waals surface area contributed by atoms with Gasteiger partial charge in [0.25, 0.3) is 0 Å². The van der Waals surface area contributed by atoms with Crippen LogP contribution >= 0.6 is 0 Å². The molecule has 0 fully saturated rings. The molecule has 170 valence electrons. The molecule has 10 nitrogen and oxygen atoms in total. The van der Waals surface area contributed by atoms with E-state index < -0.39 is 5.97 Å². The van der Waals surface area contributed by atoms with Gasteiger partial charge in [-0.05, 0) is 43.7 Å². The number of hydrogen-bond acceptors (Lipinski definition) is 8. The molecule has 5 aromatic rings. The smallest absolute Gasteiger partial charge is 0.360 e. The van der Waals surface area contributed by atoms with Gasteiger partial charge in [-0.2, -0.15) is 4.98 Å². The van der Waals surface area contributed by atoms with Crippen molar-refractivity contribution in [2.45, 2.75) is 19.9 Å². The Morgan fingerprint density at radius 2 is 1.97 bits per heavy atom. The van der Waals surface area contributed by atoms with Gasteiger partial charge in [0.05, 0.1) is 35.6 Å². The molecule has 3 aromatic heterocycles. The number of carbonyl (C=O) groups is 1. The molecule has 5 rings (SSSR count). The Kier molecular flexibility index (Phi) is 5.69. The highest BCUT2D eigenvalue weighted by Crippen LogP contribution is 2.22. The van der Waals surface area contributed by atoms with Crippen LogP contribution in [0.4, 0.5) is 5.95 Å². The van der Waals surface area contributed by atoms with Crippen LogP contribution < -0.4 is 5.32 Å². The molecule has 1 unspecified atom stereocenters. The quantitative estimate of drug-likeness (QED) is 0.370. The molecule has 0 saturated carbocycles. The monoisotopic (exact) mass is 454 g/mol. The van der Waals surface area contributed by atoms with Gasteiger partial charge < -0.3 is 10.1 Å². The Labute approximate surface area is 195 Å². The number of imidazole rings is 1. The lowest BCUT2D eigenvalue weighted by atomic mass is 10.1. The highest BCUT2D eigenvalue weighted by molar-refractivity contribution is 5.87. The Morgan fingerprint density at radius 3 is 2.79 bits per heavy atom. The minimum atomic E-state index is -0.509. The Bertz CT molecular complexity index is 1440. The molecule has 3 heterocycles. The molecule has 34 heavy (non-hydrogen) atoms. The second-order valence-electron chi connectivity index (χ2n) is 7.57. The molecule has 0 bridgehead atoms. The van der Waals surface area contributed by atoms with E-state index in [0.29, 0.717) is 11.8 Å². The van der Waals surface area contributed by atoms with Gasteiger partial charge in [0.2, 0.25) is 5.95 Å². The summed E-state index contributed by atoms with van der Waals surface area (Å²) in [4.78, 5) is 25.5. The summed E-state index contributed by atoms with van der Waals surface area (Å²) in [6.45, 7) is 4.08. The third-order valence-corrected chi connectivity index (χ3v) is 5.31. The molecule has 0 saturated heterocycles. The van der Waals surface area contributed by atoms with E-state index in [9.17, 15) is 4.79 Å². The molecule has 1 N–H and O–H groups in total. The zero-order valence-electron chi connectivity index (χ0n) is 18.7. The van der Waals surface area contributed by atoms with E-state index in [-0.39, 0.29) is 18.3 Å². The van der Waals surface area contributed by atoms with Gasteiger partial charge in [-0.15, -0.1) is 5.10 Å². The number of nitrogens with zero attached hydrogens (tertiary/aromatic N) is 7. The van der Waals surface area contributed by atoms with Crippen LogP contribution in [-0.2, 0) is 4.74 Å². The lowest BCUT2D eigenvalue weighted by Gasteiger charge is -2.14. The maximum atomic E-state index is 11.9. The van der Waals surface area contributed by atoms with Crippen molar-refractivity contribution >= 4 is 23.0 Å². The molecule has 1 atom stereocenters. The number of anilines is 1. The number of esters is 1. The summed E-state index contributed by atoms with van der Waals surface area (Å²) in [7, 11) is 0. The van der Waals surface area contributed by atoms with Crippen LogP contribution in [0.2, 0.25) is 0 Å². The van der Waals surface area contributed by atoms with E-state index >= 15 is 0 Å². The van der Waals surface area contributed by atoms with Crippen molar-refractivity contribution in [2.75, 3.05) is 11.9 Å². The van der Waals surface area contributed by atoms with Crippen LogP contribution in [-0.4, -0.2) is 47.1 Å². The highest BCUT2D eigenvalue weighted by Gasteiger charge is 2.14. The van der Waals surface area contributed by atoms with E-state index in [1.54, 1.807) is 19.4 Å². The van der Waals surface area contributed by atoms with Crippen molar-refractivity contribution in [1.29, 1.82) is 0 Å². The second kappa shape index (κ2) is 9.10. The Morgan fingerprint density at radius 1 is 1.12 bits per heavy atom. The molecule has 0 aliphatic heterocycles. The fourth-order valence-electron chi connectivity index (χ4n) is 3.58. The van der Waals surface area contributed by atoms with Gasteiger partial charge in [0, 0.05) is 6.20 Å². The van der Waals surface area contributed by atoms with Crippen molar-refractivity contribution in [2.24, 2.45) is 0 Å². The summed E-state index contributed by atoms with van der Waals surface area (Å²) >= 11 is 0. The predicted octanol–water partition coefficient (Wildman–Crippen LogP) is 3.75. The van der Waals surface area contributed by atoms with E-state index in [4.69, 9.17) is 4.74 Å². The largest absolute Gasteiger partial charge is 0.461 e. The summed E-state index contributed by atoms with van der Waals surface area (Å²) in [6.07, 6.45) is 4.96. The first-order valence-corrected chi connectivity index (χ1v) is 10.8. The van der Waals surface area contributed by atoms with E-state index in [2.05, 4.69) is 49.6 Å². The first-order chi connectivity index (χ1) is 16.6. The molecule has 0 amide bonds. The van der Waals surface area contributed by atoms with Gasteiger partial charge in [-0.1, -0.05) is 35.5 Å². The number of benzene rings is 2. The van der Waals surface area contributed by atoms with Crippen LogP contribution in [0.3, 0.4) is 0 Å². The Hall–Kier alpha value is -4.60. The molecular formula is C24H22N8O2. The lowest BCUT2D eigenvalue weighted by molar-refractivity contribution is 0.0519. The van der Waals surface area contributed by atoms with Crippen molar-refractivity contribution in [3.63, 3.8) is 0 Å². The minimum Gasteiger partial charge on any atom is -0.461 e. The molecule has 0 aliphatic carbocycles. The van der Waals surface area contributed by atoms with Gasteiger partial charge in [0.15, 0.2) is 5.69 Å². The number of ether oxygens (including phenoxy) is 1. The molecule has 10 heteroatoms. The first-order valence-electron chi connectivity index (χ1n) is 10.8. The third-order valence-electron chi connectivity index (χ3n) is 5.31. The van der Waals surface area contributed by atoms with Gasteiger partial charge in [-0.25, -0.2) is 19.4 Å². The number of aromatic nitrogens is 7. The highest BCUT2D eigenvalue weighted by atomic mass is 16.5. The third kappa shape index (κ3) is 4.20. The molecule has 0 spiro atoms. The molecule has 0 aliphatic rings. The standard InChI is InChI=1S/C24H22N8O2/c1-3-34-23(33)20-14-32(30-29-20)18-9-10-19-21(13-18)31(15-26-19)22-11-12-25-24(28-22)27-16(2)17-7-5-4-6-8-17/h4-16H,3H2,1-2H3,(H,25,27,28). The van der Waals surface area contributed by atoms with Crippen LogP contribution in [0.5, 0.6) is 0 Å². The van der Waals surface area contributed by atoms with Gasteiger partial charge in [0.1, 0.15) is 12.1 Å². The fourth-order valence-corrected chi connectivity index (χ4v) is 3.58. The summed E-state index contributed by atoms with van der Waals surface area (Å²) in [5.74, 6) is 0.677. The summed E-state index contributed by atoms with van der Waals surface area (Å²) < 4.78 is 8.39. The van der Waals surface area contributed by atoms with E-state index in [1.807, 2.05) is 47.0 Å². The van der Waals surface area contributed by atoms with Crippen LogP contribution in [0.15, 0.2) is 73.3 Å². The lowest BCUT2D eigenvalue weighted by Crippen LogP contribution is -2.10. The zero-order chi connectivity index (χ0) is 23.5. The normalized spacial score (nSPS) is 11.9. The first kappa shape index (κ1) is 21.3. The van der Waals surface area contributed by atoms with Crippen LogP contribution in [0, 0.1) is 0 Å². The number of nitrogens with one attached hydrogen (secondary N) is 1. The maximum Gasteiger partial charge on any atom is 0.360 e. The van der Waals surface area contributed by atoms with Gasteiger partial charge in [-0.3, -0.25) is 4.57 Å². The average Bonchev–Trinajstić information content (AvgIpc) is 3.52. The van der Waals surface area contributed by atoms with Crippen LogP contribution in [0.1, 0.15) is 35.9 Å². The van der Waals surface area contributed by atoms with E-state index in [1.165, 1.54) is 10.9 Å². The summed E-state index contributed by atoms with van der Waals surface area (Å²) in [5, 5.41) is 11.3. The van der Waals surface area contributed by atoms with Crippen molar-refractivity contribution in [1.82, 2.24) is 34.5 Å². The fraction of sp³-hybridized carbons (Fsp3) is 0.167. The number of carbonyl (C=O) groups excluding carboxylic acids is 1. The SMILES string of the molecule is CCOC(=O)c1cn(-c2ccc3ncn(-c4ccnc(NC(C)c5ccccc5)n4)c3c2)nn1. The van der Waals surface area contributed by atoms with Crippen molar-refractivity contribution in [3.05, 3.63) is 84.6 Å².